The molecule has 0 bridgehead atoms. The molecule has 1 atom stereocenters. The summed E-state index contributed by atoms with van der Waals surface area (Å²) in [4.78, 5) is 22.1. The molecule has 0 saturated heterocycles. The van der Waals surface area contributed by atoms with Crippen LogP contribution in [-0.4, -0.2) is 31.7 Å². The van der Waals surface area contributed by atoms with Crippen LogP contribution in [0.25, 0.3) is 22.4 Å². The molecule has 1 amide bonds. The van der Waals surface area contributed by atoms with Gasteiger partial charge in [0.15, 0.2) is 5.82 Å². The molecule has 1 aliphatic rings. The molecule has 0 radical (unpaired) electrons. The first-order chi connectivity index (χ1) is 17.6. The summed E-state index contributed by atoms with van der Waals surface area (Å²) < 4.78 is 6.31. The molecule has 0 unspecified atom stereocenters. The first-order valence-corrected chi connectivity index (χ1v) is 12.8. The number of rotatable bonds is 5. The van der Waals surface area contributed by atoms with Gasteiger partial charge in [0, 0.05) is 33.2 Å². The summed E-state index contributed by atoms with van der Waals surface area (Å²) in [5.41, 5.74) is 3.28. The number of amides is 1. The second-order valence-corrected chi connectivity index (χ2v) is 10.9. The van der Waals surface area contributed by atoms with Crippen LogP contribution in [0.15, 0.2) is 48.5 Å². The highest BCUT2D eigenvalue weighted by molar-refractivity contribution is 6.36. The number of carbonyl (C=O) groups excluding carboxylic acids is 1. The van der Waals surface area contributed by atoms with Gasteiger partial charge in [0.1, 0.15) is 11.4 Å². The van der Waals surface area contributed by atoms with Gasteiger partial charge in [0.25, 0.3) is 0 Å². The number of pyridine rings is 1. The van der Waals surface area contributed by atoms with E-state index in [0.29, 0.717) is 50.3 Å². The van der Waals surface area contributed by atoms with Gasteiger partial charge in [-0.25, -0.2) is 9.97 Å². The maximum Gasteiger partial charge on any atom is 0.228 e. The van der Waals surface area contributed by atoms with E-state index in [-0.39, 0.29) is 18.4 Å². The highest BCUT2D eigenvalue weighted by atomic mass is 35.5. The highest BCUT2D eigenvalue weighted by Crippen LogP contribution is 2.44. The standard InChI is InChI=1S/C27H24Cl3N5O2/c1-14-31-23(35-34-14)12-24(36)32-22-13-27(2,3)37-26-20(22)11-19(15-4-6-16(28)7-5-15)25(33-26)18-9-8-17(29)10-21(18)30/h4-11,22H,12-13H2,1-3H3,(H,32,36)(H,31,34,35)/t22-/m1/s1. The Labute approximate surface area is 229 Å². The van der Waals surface area contributed by atoms with Gasteiger partial charge in [-0.05, 0) is 62.7 Å². The second kappa shape index (κ2) is 9.97. The molecule has 190 valence electrons. The first-order valence-electron chi connectivity index (χ1n) is 11.7. The molecule has 2 N–H and O–H groups in total. The SMILES string of the molecule is Cc1nc(CC(=O)N[C@@H]2CC(C)(C)Oc3nc(-c4ccc(Cl)cc4Cl)c(-c4ccc(Cl)cc4)cc32)n[nH]1. The number of nitrogens with one attached hydrogen (secondary N) is 2. The number of carbonyl (C=O) groups is 1. The number of hydrogen-bond donors (Lipinski definition) is 2. The minimum absolute atomic E-state index is 0.0629. The summed E-state index contributed by atoms with van der Waals surface area (Å²) in [6.07, 6.45) is 0.620. The van der Waals surface area contributed by atoms with Crippen molar-refractivity contribution >= 4 is 40.7 Å². The van der Waals surface area contributed by atoms with E-state index < -0.39 is 5.60 Å². The van der Waals surface area contributed by atoms with Gasteiger partial charge >= 0.3 is 0 Å². The zero-order chi connectivity index (χ0) is 26.3. The Balaban J connectivity index is 1.61. The summed E-state index contributed by atoms with van der Waals surface area (Å²) in [6, 6.07) is 14.5. The van der Waals surface area contributed by atoms with Crippen molar-refractivity contribution in [1.82, 2.24) is 25.5 Å². The molecule has 0 saturated carbocycles. The van der Waals surface area contributed by atoms with E-state index in [2.05, 4.69) is 20.5 Å². The fourth-order valence-electron chi connectivity index (χ4n) is 4.47. The van der Waals surface area contributed by atoms with Gasteiger partial charge in [-0.2, -0.15) is 5.10 Å². The monoisotopic (exact) mass is 555 g/mol. The molecule has 2 aromatic carbocycles. The first kappa shape index (κ1) is 25.5. The zero-order valence-corrected chi connectivity index (χ0v) is 22.7. The quantitative estimate of drug-likeness (QED) is 0.283. The van der Waals surface area contributed by atoms with Crippen LogP contribution in [0, 0.1) is 6.92 Å². The molecule has 37 heavy (non-hydrogen) atoms. The van der Waals surface area contributed by atoms with E-state index in [1.807, 2.05) is 50.2 Å². The molecule has 10 heteroatoms. The molecule has 0 aliphatic carbocycles. The molecule has 0 spiro atoms. The van der Waals surface area contributed by atoms with Gasteiger partial charge in [-0.1, -0.05) is 46.9 Å². The maximum atomic E-state index is 13.0. The van der Waals surface area contributed by atoms with Crippen molar-refractivity contribution in [2.75, 3.05) is 0 Å². The lowest BCUT2D eigenvalue weighted by atomic mass is 9.88. The van der Waals surface area contributed by atoms with E-state index in [1.165, 1.54) is 0 Å². The lowest BCUT2D eigenvalue weighted by Gasteiger charge is -2.37. The normalized spacial score (nSPS) is 16.1. The molecule has 3 heterocycles. The average Bonchev–Trinajstić information content (AvgIpc) is 3.22. The number of fused-ring (bicyclic) bond motifs is 1. The predicted molar refractivity (Wildman–Crippen MR) is 145 cm³/mol. The Bertz CT molecular complexity index is 1480. The average molecular weight is 557 g/mol. The number of ether oxygens (including phenoxy) is 1. The Morgan fingerprint density at radius 3 is 2.46 bits per heavy atom. The van der Waals surface area contributed by atoms with Crippen LogP contribution in [0.2, 0.25) is 15.1 Å². The Morgan fingerprint density at radius 1 is 1.05 bits per heavy atom. The lowest BCUT2D eigenvalue weighted by molar-refractivity contribution is -0.121. The summed E-state index contributed by atoms with van der Waals surface area (Å²) in [5.74, 6) is 1.35. The summed E-state index contributed by atoms with van der Waals surface area (Å²) >= 11 is 18.9. The van der Waals surface area contributed by atoms with Crippen LogP contribution in [0.5, 0.6) is 5.88 Å². The van der Waals surface area contributed by atoms with Crippen molar-refractivity contribution in [3.8, 4) is 28.3 Å². The predicted octanol–water partition coefficient (Wildman–Crippen LogP) is 6.76. The van der Waals surface area contributed by atoms with Crippen molar-refractivity contribution in [3.05, 3.63) is 80.8 Å². The molecule has 0 fully saturated rings. The lowest BCUT2D eigenvalue weighted by Crippen LogP contribution is -2.42. The molecule has 2 aromatic heterocycles. The molecule has 1 aliphatic heterocycles. The minimum atomic E-state index is -0.567. The number of H-pyrrole nitrogens is 1. The van der Waals surface area contributed by atoms with E-state index >= 15 is 0 Å². The number of aromatic nitrogens is 4. The summed E-state index contributed by atoms with van der Waals surface area (Å²) in [6.45, 7) is 5.73. The Hall–Kier alpha value is -3.13. The number of benzene rings is 2. The van der Waals surface area contributed by atoms with Gasteiger partial charge in [-0.15, -0.1) is 0 Å². The van der Waals surface area contributed by atoms with Crippen LogP contribution >= 0.6 is 34.8 Å². The van der Waals surface area contributed by atoms with Crippen LogP contribution in [-0.2, 0) is 11.2 Å². The van der Waals surface area contributed by atoms with Crippen molar-refractivity contribution < 1.29 is 9.53 Å². The Kier molecular flexibility index (Phi) is 6.88. The molecule has 4 aromatic rings. The van der Waals surface area contributed by atoms with Crippen LogP contribution in [0.4, 0.5) is 0 Å². The van der Waals surface area contributed by atoms with Gasteiger partial charge < -0.3 is 10.1 Å². The minimum Gasteiger partial charge on any atom is -0.471 e. The molecule has 5 rings (SSSR count). The van der Waals surface area contributed by atoms with Crippen molar-refractivity contribution in [3.63, 3.8) is 0 Å². The van der Waals surface area contributed by atoms with E-state index in [1.54, 1.807) is 19.1 Å². The third kappa shape index (κ3) is 5.59. The maximum absolute atomic E-state index is 13.0. The largest absolute Gasteiger partial charge is 0.471 e. The van der Waals surface area contributed by atoms with E-state index in [4.69, 9.17) is 44.5 Å². The van der Waals surface area contributed by atoms with Gasteiger partial charge in [0.2, 0.25) is 11.8 Å². The number of nitrogens with zero attached hydrogens (tertiary/aromatic N) is 3. The number of aromatic amines is 1. The number of halogens is 3. The van der Waals surface area contributed by atoms with Crippen LogP contribution in [0.3, 0.4) is 0 Å². The van der Waals surface area contributed by atoms with Gasteiger partial charge in [-0.3, -0.25) is 9.89 Å². The molecular formula is C27H24Cl3N5O2. The van der Waals surface area contributed by atoms with Crippen molar-refractivity contribution in [2.45, 2.75) is 45.3 Å². The van der Waals surface area contributed by atoms with Crippen molar-refractivity contribution in [2.24, 2.45) is 0 Å². The highest BCUT2D eigenvalue weighted by Gasteiger charge is 2.37. The van der Waals surface area contributed by atoms with Crippen LogP contribution < -0.4 is 10.1 Å². The zero-order valence-electron chi connectivity index (χ0n) is 20.4. The second-order valence-electron chi connectivity index (χ2n) is 9.61. The summed E-state index contributed by atoms with van der Waals surface area (Å²) in [7, 11) is 0. The fraction of sp³-hybridized carbons (Fsp3) is 0.259. The third-order valence-corrected chi connectivity index (χ3v) is 6.90. The fourth-order valence-corrected chi connectivity index (χ4v) is 5.09. The topological polar surface area (TPSA) is 92.8 Å². The smallest absolute Gasteiger partial charge is 0.228 e. The number of aryl methyl sites for hydroxylation is 1. The van der Waals surface area contributed by atoms with E-state index in [9.17, 15) is 4.79 Å². The molecule has 7 nitrogen and oxygen atoms in total. The van der Waals surface area contributed by atoms with Gasteiger partial charge in [0.05, 0.1) is 23.2 Å². The number of hydrogen-bond acceptors (Lipinski definition) is 5. The third-order valence-electron chi connectivity index (χ3n) is 6.10. The van der Waals surface area contributed by atoms with Crippen molar-refractivity contribution in [1.29, 1.82) is 0 Å². The van der Waals surface area contributed by atoms with Crippen LogP contribution in [0.1, 0.15) is 43.5 Å². The Morgan fingerprint density at radius 2 is 1.78 bits per heavy atom. The summed E-state index contributed by atoms with van der Waals surface area (Å²) in [5, 5.41) is 11.6. The van der Waals surface area contributed by atoms with E-state index in [0.717, 1.165) is 16.7 Å². The molecular weight excluding hydrogens is 533 g/mol.